The SMILES string of the molecule is Cn1nc(C(C)(C)C)cc1NC(=O)Nc1ccc(CCc2ccnc(NC(=O)C3CC3)c2)cc1F. The lowest BCUT2D eigenvalue weighted by atomic mass is 9.92. The van der Waals surface area contributed by atoms with Crippen molar-refractivity contribution in [1.29, 1.82) is 0 Å². The maximum Gasteiger partial charge on any atom is 0.324 e. The summed E-state index contributed by atoms with van der Waals surface area (Å²) in [7, 11) is 1.74. The molecule has 0 bridgehead atoms. The zero-order valence-corrected chi connectivity index (χ0v) is 20.5. The normalized spacial score (nSPS) is 13.4. The number of pyridine rings is 1. The molecule has 184 valence electrons. The van der Waals surface area contributed by atoms with E-state index >= 15 is 0 Å². The number of nitrogens with zero attached hydrogens (tertiary/aromatic N) is 3. The Morgan fingerprint density at radius 2 is 1.74 bits per heavy atom. The summed E-state index contributed by atoms with van der Waals surface area (Å²) in [6, 6.07) is 9.76. The molecule has 1 aliphatic carbocycles. The molecule has 0 atom stereocenters. The van der Waals surface area contributed by atoms with Crippen LogP contribution in [-0.4, -0.2) is 26.7 Å². The molecule has 35 heavy (non-hydrogen) atoms. The van der Waals surface area contributed by atoms with Crippen LogP contribution in [0.4, 0.5) is 26.5 Å². The van der Waals surface area contributed by atoms with E-state index in [0.717, 1.165) is 29.7 Å². The lowest BCUT2D eigenvalue weighted by Crippen LogP contribution is -2.21. The standard InChI is InChI=1S/C26H31FN6O2/c1-26(2,3)21-15-23(33(4)32-21)31-25(35)29-20-10-7-16(13-19(20)27)5-6-17-11-12-28-22(14-17)30-24(34)18-8-9-18/h7,10-15,18H,5-6,8-9H2,1-4H3,(H,28,30,34)(H2,29,31,35). The number of halogens is 1. The summed E-state index contributed by atoms with van der Waals surface area (Å²) in [5.41, 5.74) is 2.59. The minimum Gasteiger partial charge on any atom is -0.310 e. The fourth-order valence-electron chi connectivity index (χ4n) is 3.60. The van der Waals surface area contributed by atoms with Gasteiger partial charge in [0.25, 0.3) is 0 Å². The lowest BCUT2D eigenvalue weighted by Gasteiger charge is -2.13. The topological polar surface area (TPSA) is 101 Å². The predicted molar refractivity (Wildman–Crippen MR) is 134 cm³/mol. The number of nitrogens with one attached hydrogen (secondary N) is 3. The minimum atomic E-state index is -0.544. The van der Waals surface area contributed by atoms with E-state index < -0.39 is 11.8 Å². The molecule has 1 aliphatic rings. The predicted octanol–water partition coefficient (Wildman–Crippen LogP) is 5.03. The van der Waals surface area contributed by atoms with Crippen LogP contribution >= 0.6 is 0 Å². The van der Waals surface area contributed by atoms with Gasteiger partial charge in [-0.05, 0) is 61.1 Å². The van der Waals surface area contributed by atoms with Crippen LogP contribution in [0, 0.1) is 11.7 Å². The van der Waals surface area contributed by atoms with Crippen LogP contribution in [0.1, 0.15) is 50.4 Å². The van der Waals surface area contributed by atoms with Gasteiger partial charge in [0.1, 0.15) is 17.5 Å². The van der Waals surface area contributed by atoms with E-state index in [1.807, 2.05) is 32.9 Å². The summed E-state index contributed by atoms with van der Waals surface area (Å²) in [5, 5.41) is 12.5. The summed E-state index contributed by atoms with van der Waals surface area (Å²) in [4.78, 5) is 28.6. The van der Waals surface area contributed by atoms with Crippen LogP contribution in [-0.2, 0) is 30.1 Å². The third-order valence-corrected chi connectivity index (χ3v) is 5.90. The van der Waals surface area contributed by atoms with Crippen molar-refractivity contribution in [3.63, 3.8) is 0 Å². The number of aromatic nitrogens is 3. The first kappa shape index (κ1) is 24.4. The number of hydrogen-bond acceptors (Lipinski definition) is 4. The van der Waals surface area contributed by atoms with Crippen LogP contribution in [0.15, 0.2) is 42.6 Å². The Bertz CT molecular complexity index is 1240. The van der Waals surface area contributed by atoms with Crippen LogP contribution in [0.5, 0.6) is 0 Å². The van der Waals surface area contributed by atoms with Crippen LogP contribution < -0.4 is 16.0 Å². The minimum absolute atomic E-state index is 0.0156. The molecule has 9 heteroatoms. The third kappa shape index (κ3) is 6.44. The van der Waals surface area contributed by atoms with Gasteiger partial charge in [0.2, 0.25) is 5.91 Å². The van der Waals surface area contributed by atoms with Gasteiger partial charge in [-0.2, -0.15) is 5.10 Å². The van der Waals surface area contributed by atoms with Gasteiger partial charge < -0.3 is 10.6 Å². The number of carbonyl (C=O) groups excluding carboxylic acids is 2. The largest absolute Gasteiger partial charge is 0.324 e. The van der Waals surface area contributed by atoms with Crippen molar-refractivity contribution in [2.75, 3.05) is 16.0 Å². The molecule has 2 aromatic heterocycles. The highest BCUT2D eigenvalue weighted by Crippen LogP contribution is 2.30. The highest BCUT2D eigenvalue weighted by atomic mass is 19.1. The number of rotatable bonds is 7. The van der Waals surface area contributed by atoms with E-state index in [0.29, 0.717) is 24.5 Å². The van der Waals surface area contributed by atoms with E-state index in [4.69, 9.17) is 0 Å². The van der Waals surface area contributed by atoms with Crippen LogP contribution in [0.3, 0.4) is 0 Å². The molecule has 0 spiro atoms. The maximum absolute atomic E-state index is 14.7. The first-order valence-electron chi connectivity index (χ1n) is 11.8. The number of aryl methyl sites for hydroxylation is 3. The van der Waals surface area contributed by atoms with E-state index in [1.54, 1.807) is 36.1 Å². The molecule has 3 amide bonds. The molecule has 8 nitrogen and oxygen atoms in total. The molecule has 3 N–H and O–H groups in total. The van der Waals surface area contributed by atoms with E-state index in [9.17, 15) is 14.0 Å². The molecule has 0 aliphatic heterocycles. The van der Waals surface area contributed by atoms with E-state index in [2.05, 4.69) is 26.0 Å². The lowest BCUT2D eigenvalue weighted by molar-refractivity contribution is -0.117. The van der Waals surface area contributed by atoms with Gasteiger partial charge in [-0.1, -0.05) is 26.8 Å². The zero-order chi connectivity index (χ0) is 25.2. The number of hydrogen-bond donors (Lipinski definition) is 3. The maximum atomic E-state index is 14.7. The smallest absolute Gasteiger partial charge is 0.310 e. The quantitative estimate of drug-likeness (QED) is 0.443. The fraction of sp³-hybridized carbons (Fsp3) is 0.385. The zero-order valence-electron chi connectivity index (χ0n) is 20.5. The third-order valence-electron chi connectivity index (χ3n) is 5.90. The molecule has 1 saturated carbocycles. The molecule has 1 aromatic carbocycles. The molecule has 0 radical (unpaired) electrons. The van der Waals surface area contributed by atoms with E-state index in [-0.39, 0.29) is 22.9 Å². The molecule has 0 saturated heterocycles. The monoisotopic (exact) mass is 478 g/mol. The Labute approximate surface area is 204 Å². The molecule has 3 aromatic rings. The highest BCUT2D eigenvalue weighted by Gasteiger charge is 2.29. The Morgan fingerprint density at radius 1 is 1.03 bits per heavy atom. The Morgan fingerprint density at radius 3 is 2.37 bits per heavy atom. The summed E-state index contributed by atoms with van der Waals surface area (Å²) in [6.45, 7) is 6.12. The molecule has 2 heterocycles. The number of anilines is 3. The number of benzene rings is 1. The van der Waals surface area contributed by atoms with Crippen molar-refractivity contribution in [2.45, 2.75) is 51.9 Å². The first-order chi connectivity index (χ1) is 16.6. The Hall–Kier alpha value is -3.75. The van der Waals surface area contributed by atoms with Gasteiger partial charge in [0.15, 0.2) is 0 Å². The number of carbonyl (C=O) groups is 2. The molecule has 1 fully saturated rings. The van der Waals surface area contributed by atoms with Crippen LogP contribution in [0.2, 0.25) is 0 Å². The summed E-state index contributed by atoms with van der Waals surface area (Å²) < 4.78 is 16.3. The Balaban J connectivity index is 1.33. The summed E-state index contributed by atoms with van der Waals surface area (Å²) in [5.74, 6) is 0.684. The second-order valence-corrected chi connectivity index (χ2v) is 9.99. The summed E-state index contributed by atoms with van der Waals surface area (Å²) in [6.07, 6.45) is 4.80. The summed E-state index contributed by atoms with van der Waals surface area (Å²) >= 11 is 0. The van der Waals surface area contributed by atoms with Crippen LogP contribution in [0.25, 0.3) is 0 Å². The van der Waals surface area contributed by atoms with Crippen molar-refractivity contribution in [3.8, 4) is 0 Å². The number of urea groups is 1. The van der Waals surface area contributed by atoms with Gasteiger partial charge >= 0.3 is 6.03 Å². The van der Waals surface area contributed by atoms with Crippen molar-refractivity contribution in [2.24, 2.45) is 13.0 Å². The average Bonchev–Trinajstić information content (AvgIpc) is 3.57. The average molecular weight is 479 g/mol. The van der Waals surface area contributed by atoms with Crippen molar-refractivity contribution in [1.82, 2.24) is 14.8 Å². The van der Waals surface area contributed by atoms with Crippen molar-refractivity contribution < 1.29 is 14.0 Å². The van der Waals surface area contributed by atoms with Gasteiger partial charge in [-0.15, -0.1) is 0 Å². The van der Waals surface area contributed by atoms with E-state index in [1.165, 1.54) is 6.07 Å². The second-order valence-electron chi connectivity index (χ2n) is 9.99. The van der Waals surface area contributed by atoms with Gasteiger partial charge in [0.05, 0.1) is 11.4 Å². The van der Waals surface area contributed by atoms with Gasteiger partial charge in [0, 0.05) is 30.6 Å². The molecular formula is C26H31FN6O2. The van der Waals surface area contributed by atoms with Crippen molar-refractivity contribution >= 4 is 29.3 Å². The second kappa shape index (κ2) is 9.85. The highest BCUT2D eigenvalue weighted by molar-refractivity contribution is 5.99. The van der Waals surface area contributed by atoms with Crippen molar-refractivity contribution in [3.05, 3.63) is 65.2 Å². The van der Waals surface area contributed by atoms with Gasteiger partial charge in [-0.25, -0.2) is 14.2 Å². The molecular weight excluding hydrogens is 447 g/mol. The number of amides is 3. The molecule has 4 rings (SSSR count). The van der Waals surface area contributed by atoms with Gasteiger partial charge in [-0.3, -0.25) is 14.8 Å². The first-order valence-corrected chi connectivity index (χ1v) is 11.8. The molecule has 0 unspecified atom stereocenters. The fourth-order valence-corrected chi connectivity index (χ4v) is 3.60. The Kier molecular flexibility index (Phi) is 6.86.